The van der Waals surface area contributed by atoms with Crippen molar-refractivity contribution >= 4 is 10.0 Å². The molecular weight excluding hydrogens is 250 g/mol. The average molecular weight is 269 g/mol. The van der Waals surface area contributed by atoms with Crippen molar-refractivity contribution in [3.8, 4) is 0 Å². The van der Waals surface area contributed by atoms with Crippen LogP contribution in [0.2, 0.25) is 0 Å². The minimum atomic E-state index is -3.51. The van der Waals surface area contributed by atoms with Crippen LogP contribution in [0.5, 0.6) is 0 Å². The molecule has 5 heteroatoms. The molecule has 1 aromatic carbocycles. The van der Waals surface area contributed by atoms with Gasteiger partial charge in [-0.15, -0.1) is 0 Å². The summed E-state index contributed by atoms with van der Waals surface area (Å²) in [5.74, 6) is 1.04. The second-order valence-electron chi connectivity index (χ2n) is 4.93. The summed E-state index contributed by atoms with van der Waals surface area (Å²) in [6.07, 6.45) is 2.41. The lowest BCUT2D eigenvalue weighted by atomic mass is 10.1. The normalized spacial score (nSPS) is 17.7. The van der Waals surface area contributed by atoms with E-state index in [2.05, 4.69) is 11.6 Å². The van der Waals surface area contributed by atoms with Crippen molar-refractivity contribution in [3.05, 3.63) is 29.8 Å². The van der Waals surface area contributed by atoms with Crippen LogP contribution in [-0.2, 0) is 16.6 Å². The number of aliphatic hydroxyl groups excluding tert-OH is 1. The molecule has 0 radical (unpaired) electrons. The highest BCUT2D eigenvalue weighted by atomic mass is 32.2. The van der Waals surface area contributed by atoms with E-state index in [0.717, 1.165) is 0 Å². The smallest absolute Gasteiger partial charge is 0.240 e. The highest BCUT2D eigenvalue weighted by Gasteiger charge is 2.29. The van der Waals surface area contributed by atoms with Crippen molar-refractivity contribution in [2.45, 2.75) is 31.3 Å². The van der Waals surface area contributed by atoms with E-state index in [0.29, 0.717) is 23.9 Å². The first-order valence-electron chi connectivity index (χ1n) is 6.23. The largest absolute Gasteiger partial charge is 0.392 e. The van der Waals surface area contributed by atoms with Crippen LogP contribution in [0.4, 0.5) is 0 Å². The second-order valence-corrected chi connectivity index (χ2v) is 6.67. The zero-order valence-electron chi connectivity index (χ0n) is 10.5. The summed E-state index contributed by atoms with van der Waals surface area (Å²) in [6, 6.07) is 6.53. The first kappa shape index (κ1) is 13.5. The van der Waals surface area contributed by atoms with Gasteiger partial charge < -0.3 is 5.11 Å². The third-order valence-electron chi connectivity index (χ3n) is 3.45. The van der Waals surface area contributed by atoms with Crippen molar-refractivity contribution in [3.63, 3.8) is 0 Å². The summed E-state index contributed by atoms with van der Waals surface area (Å²) in [7, 11) is -3.51. The standard InChI is InChI=1S/C13H19NO3S/c1-10(11-6-7-11)8-14-18(16,17)13-5-3-2-4-12(13)9-15/h2-5,10-11,14-15H,6-9H2,1H3. The van der Waals surface area contributed by atoms with Crippen molar-refractivity contribution in [2.24, 2.45) is 11.8 Å². The Kier molecular flexibility index (Phi) is 4.04. The van der Waals surface area contributed by atoms with Crippen LogP contribution in [0, 0.1) is 11.8 Å². The van der Waals surface area contributed by atoms with Gasteiger partial charge in [-0.2, -0.15) is 0 Å². The summed E-state index contributed by atoms with van der Waals surface area (Å²) < 4.78 is 26.9. The maximum absolute atomic E-state index is 12.1. The third-order valence-corrected chi connectivity index (χ3v) is 4.98. The molecular formula is C13H19NO3S. The van der Waals surface area contributed by atoms with E-state index in [4.69, 9.17) is 5.11 Å². The Morgan fingerprint density at radius 2 is 2.06 bits per heavy atom. The van der Waals surface area contributed by atoms with Gasteiger partial charge >= 0.3 is 0 Å². The molecule has 1 aromatic rings. The van der Waals surface area contributed by atoms with E-state index >= 15 is 0 Å². The Labute approximate surface area is 108 Å². The molecule has 4 nitrogen and oxygen atoms in total. The molecule has 2 rings (SSSR count). The lowest BCUT2D eigenvalue weighted by Crippen LogP contribution is -2.29. The predicted octanol–water partition coefficient (Wildman–Crippen LogP) is 1.50. The maximum atomic E-state index is 12.1. The van der Waals surface area contributed by atoms with Gasteiger partial charge in [0.15, 0.2) is 0 Å². The Morgan fingerprint density at radius 3 is 2.67 bits per heavy atom. The third kappa shape index (κ3) is 3.10. The van der Waals surface area contributed by atoms with E-state index in [-0.39, 0.29) is 11.5 Å². The molecule has 0 bridgehead atoms. The Balaban J connectivity index is 2.09. The average Bonchev–Trinajstić information content (AvgIpc) is 3.20. The molecule has 2 N–H and O–H groups in total. The van der Waals surface area contributed by atoms with Gasteiger partial charge in [-0.05, 0) is 36.3 Å². The van der Waals surface area contributed by atoms with E-state index in [1.54, 1.807) is 18.2 Å². The molecule has 100 valence electrons. The zero-order chi connectivity index (χ0) is 13.2. The number of nitrogens with one attached hydrogen (secondary N) is 1. The lowest BCUT2D eigenvalue weighted by molar-refractivity contribution is 0.278. The van der Waals surface area contributed by atoms with Crippen molar-refractivity contribution in [2.75, 3.05) is 6.54 Å². The van der Waals surface area contributed by atoms with Crippen LogP contribution in [0.15, 0.2) is 29.2 Å². The lowest BCUT2D eigenvalue weighted by Gasteiger charge is -2.13. The number of hydrogen-bond donors (Lipinski definition) is 2. The fourth-order valence-electron chi connectivity index (χ4n) is 2.05. The van der Waals surface area contributed by atoms with Gasteiger partial charge in [-0.1, -0.05) is 25.1 Å². The van der Waals surface area contributed by atoms with Gasteiger partial charge in [0.1, 0.15) is 0 Å². The molecule has 1 unspecified atom stereocenters. The molecule has 1 aliphatic rings. The first-order chi connectivity index (χ1) is 8.54. The number of hydrogen-bond acceptors (Lipinski definition) is 3. The molecule has 0 saturated heterocycles. The highest BCUT2D eigenvalue weighted by molar-refractivity contribution is 7.89. The highest BCUT2D eigenvalue weighted by Crippen LogP contribution is 2.36. The van der Waals surface area contributed by atoms with Gasteiger partial charge in [-0.3, -0.25) is 0 Å². The minimum Gasteiger partial charge on any atom is -0.392 e. The summed E-state index contributed by atoms with van der Waals surface area (Å²) in [4.78, 5) is 0.176. The molecule has 0 heterocycles. The first-order valence-corrected chi connectivity index (χ1v) is 7.71. The summed E-state index contributed by atoms with van der Waals surface area (Å²) in [5, 5.41) is 9.17. The van der Waals surface area contributed by atoms with E-state index < -0.39 is 10.0 Å². The van der Waals surface area contributed by atoms with Crippen LogP contribution in [0.25, 0.3) is 0 Å². The Bertz CT molecular complexity index is 509. The minimum absolute atomic E-state index is 0.176. The topological polar surface area (TPSA) is 66.4 Å². The monoisotopic (exact) mass is 269 g/mol. The Hall–Kier alpha value is -0.910. The summed E-state index contributed by atoms with van der Waals surface area (Å²) in [5.41, 5.74) is 0.434. The molecule has 1 saturated carbocycles. The molecule has 1 atom stereocenters. The predicted molar refractivity (Wildman–Crippen MR) is 69.4 cm³/mol. The van der Waals surface area contributed by atoms with Crippen LogP contribution in [0.3, 0.4) is 0 Å². The molecule has 0 aliphatic heterocycles. The van der Waals surface area contributed by atoms with E-state index in [1.807, 2.05) is 0 Å². The molecule has 1 aliphatic carbocycles. The van der Waals surface area contributed by atoms with Crippen LogP contribution >= 0.6 is 0 Å². The molecule has 18 heavy (non-hydrogen) atoms. The van der Waals surface area contributed by atoms with E-state index in [1.165, 1.54) is 18.9 Å². The fraction of sp³-hybridized carbons (Fsp3) is 0.538. The summed E-state index contributed by atoms with van der Waals surface area (Å²) >= 11 is 0. The van der Waals surface area contributed by atoms with Crippen LogP contribution < -0.4 is 4.72 Å². The zero-order valence-corrected chi connectivity index (χ0v) is 11.3. The number of rotatable bonds is 6. The number of sulfonamides is 1. The number of aliphatic hydroxyl groups is 1. The Morgan fingerprint density at radius 1 is 1.39 bits per heavy atom. The van der Waals surface area contributed by atoms with Gasteiger partial charge in [0.2, 0.25) is 10.0 Å². The van der Waals surface area contributed by atoms with Crippen molar-refractivity contribution < 1.29 is 13.5 Å². The maximum Gasteiger partial charge on any atom is 0.240 e. The van der Waals surface area contributed by atoms with Gasteiger partial charge in [0.25, 0.3) is 0 Å². The molecule has 1 fully saturated rings. The van der Waals surface area contributed by atoms with Crippen molar-refractivity contribution in [1.82, 2.24) is 4.72 Å². The quantitative estimate of drug-likeness (QED) is 0.822. The number of benzene rings is 1. The summed E-state index contributed by atoms with van der Waals surface area (Å²) in [6.45, 7) is 2.26. The SMILES string of the molecule is CC(CNS(=O)(=O)c1ccccc1CO)C1CC1. The fourth-order valence-corrected chi connectivity index (χ4v) is 3.42. The van der Waals surface area contributed by atoms with Crippen molar-refractivity contribution in [1.29, 1.82) is 0 Å². The molecule has 0 amide bonds. The second kappa shape index (κ2) is 5.38. The molecule has 0 spiro atoms. The molecule has 0 aromatic heterocycles. The van der Waals surface area contributed by atoms with Gasteiger partial charge in [-0.25, -0.2) is 13.1 Å². The van der Waals surface area contributed by atoms with Crippen LogP contribution in [-0.4, -0.2) is 20.1 Å². The van der Waals surface area contributed by atoms with Crippen LogP contribution in [0.1, 0.15) is 25.3 Å². The van der Waals surface area contributed by atoms with Gasteiger partial charge in [0, 0.05) is 6.54 Å². The van der Waals surface area contributed by atoms with Gasteiger partial charge in [0.05, 0.1) is 11.5 Å². The van der Waals surface area contributed by atoms with E-state index in [9.17, 15) is 8.42 Å².